The number of amides is 1. The molecule has 0 aliphatic rings. The van der Waals surface area contributed by atoms with Crippen LogP contribution in [0.1, 0.15) is 48.0 Å². The number of esters is 1. The van der Waals surface area contributed by atoms with Crippen LogP contribution in [0.25, 0.3) is 0 Å². The third-order valence-electron chi connectivity index (χ3n) is 3.77. The van der Waals surface area contributed by atoms with E-state index in [9.17, 15) is 27.9 Å². The summed E-state index contributed by atoms with van der Waals surface area (Å²) < 4.78 is 43.4. The topological polar surface area (TPSA) is 155 Å². The summed E-state index contributed by atoms with van der Waals surface area (Å²) in [6, 6.07) is 0. The fraction of sp³-hybridized carbons (Fsp3) is 0.833. The van der Waals surface area contributed by atoms with Crippen LogP contribution in [0, 0.1) is 11.3 Å². The van der Waals surface area contributed by atoms with Gasteiger partial charge in [-0.05, 0) is 13.3 Å². The first-order valence-corrected chi connectivity index (χ1v) is 11.1. The SMILES string of the molecule is CCOC(=O)OC(OC(=O)[C@H](O)C(C)(C)COS(=O)(=O)CCCNC(C)=O)C(C)C. The highest BCUT2D eigenvalue weighted by Gasteiger charge is 2.38. The third kappa shape index (κ3) is 11.3. The summed E-state index contributed by atoms with van der Waals surface area (Å²) >= 11 is 0. The first kappa shape index (κ1) is 28.1. The standard InChI is InChI=1S/C18H33NO10S/c1-7-26-17(23)29-16(12(2)3)28-15(22)14(21)18(5,6)11-27-30(24,25)10-8-9-19-13(4)20/h12,14,16,21H,7-11H2,1-6H3,(H,19,20)/t14-,16?/m0/s1. The molecule has 1 amide bonds. The van der Waals surface area contributed by atoms with Gasteiger partial charge in [0, 0.05) is 24.8 Å². The first-order chi connectivity index (χ1) is 13.7. The molecule has 176 valence electrons. The summed E-state index contributed by atoms with van der Waals surface area (Å²) in [6.07, 6.45) is -3.92. The molecule has 0 aromatic carbocycles. The van der Waals surface area contributed by atoms with Crippen LogP contribution in [-0.2, 0) is 38.1 Å². The van der Waals surface area contributed by atoms with Crippen LogP contribution >= 0.6 is 0 Å². The van der Waals surface area contributed by atoms with E-state index in [1.54, 1.807) is 20.8 Å². The number of nitrogens with one attached hydrogen (secondary N) is 1. The van der Waals surface area contributed by atoms with E-state index in [-0.39, 0.29) is 31.2 Å². The highest BCUT2D eigenvalue weighted by molar-refractivity contribution is 7.86. The zero-order valence-electron chi connectivity index (χ0n) is 18.3. The molecule has 0 fully saturated rings. The molecule has 2 atom stereocenters. The molecule has 0 aromatic rings. The van der Waals surface area contributed by atoms with Gasteiger partial charge in [-0.25, -0.2) is 9.59 Å². The number of hydrogen-bond acceptors (Lipinski definition) is 10. The molecule has 0 rings (SSSR count). The molecule has 12 heteroatoms. The van der Waals surface area contributed by atoms with Crippen LogP contribution in [0.5, 0.6) is 0 Å². The molecule has 0 aromatic heterocycles. The van der Waals surface area contributed by atoms with Crippen LogP contribution < -0.4 is 5.32 Å². The van der Waals surface area contributed by atoms with Gasteiger partial charge in [0.25, 0.3) is 16.4 Å². The zero-order valence-corrected chi connectivity index (χ0v) is 19.1. The molecule has 0 heterocycles. The predicted molar refractivity (Wildman–Crippen MR) is 106 cm³/mol. The van der Waals surface area contributed by atoms with Crippen molar-refractivity contribution in [3.8, 4) is 0 Å². The van der Waals surface area contributed by atoms with Gasteiger partial charge in [-0.3, -0.25) is 8.98 Å². The summed E-state index contributed by atoms with van der Waals surface area (Å²) in [5, 5.41) is 12.8. The Morgan fingerprint density at radius 2 is 1.73 bits per heavy atom. The normalized spacial score (nSPS) is 14.0. The van der Waals surface area contributed by atoms with Gasteiger partial charge < -0.3 is 24.6 Å². The Hall–Kier alpha value is -1.92. The molecule has 1 unspecified atom stereocenters. The van der Waals surface area contributed by atoms with E-state index in [4.69, 9.17) is 13.7 Å². The largest absolute Gasteiger partial charge is 0.511 e. The lowest BCUT2D eigenvalue weighted by Crippen LogP contribution is -2.44. The lowest BCUT2D eigenvalue weighted by molar-refractivity contribution is -0.194. The van der Waals surface area contributed by atoms with E-state index in [1.807, 2.05) is 0 Å². The van der Waals surface area contributed by atoms with Gasteiger partial charge in [-0.15, -0.1) is 0 Å². The number of carbonyl (C=O) groups excluding carboxylic acids is 3. The summed E-state index contributed by atoms with van der Waals surface area (Å²) in [5.41, 5.74) is -1.33. The number of ether oxygens (including phenoxy) is 3. The molecule has 0 saturated carbocycles. The number of aliphatic hydroxyl groups is 1. The Morgan fingerprint density at radius 3 is 2.23 bits per heavy atom. The zero-order chi connectivity index (χ0) is 23.5. The second-order valence-corrected chi connectivity index (χ2v) is 9.36. The van der Waals surface area contributed by atoms with Crippen molar-refractivity contribution in [2.45, 2.75) is 60.4 Å². The van der Waals surface area contributed by atoms with Crippen molar-refractivity contribution in [3.63, 3.8) is 0 Å². The Bertz CT molecular complexity index is 674. The number of rotatable bonds is 13. The van der Waals surface area contributed by atoms with Crippen LogP contribution in [0.4, 0.5) is 4.79 Å². The van der Waals surface area contributed by atoms with Gasteiger partial charge in [0.2, 0.25) is 5.91 Å². The molecule has 30 heavy (non-hydrogen) atoms. The summed E-state index contributed by atoms with van der Waals surface area (Å²) in [7, 11) is -3.93. The van der Waals surface area contributed by atoms with Crippen LogP contribution in [0.3, 0.4) is 0 Å². The maximum Gasteiger partial charge on any atom is 0.511 e. The minimum atomic E-state index is -3.93. The van der Waals surface area contributed by atoms with Gasteiger partial charge in [0.15, 0.2) is 6.10 Å². The summed E-state index contributed by atoms with van der Waals surface area (Å²) in [6.45, 7) is 8.75. The lowest BCUT2D eigenvalue weighted by Gasteiger charge is -2.30. The van der Waals surface area contributed by atoms with Crippen LogP contribution in [-0.4, -0.2) is 69.5 Å². The number of hydrogen-bond donors (Lipinski definition) is 2. The van der Waals surface area contributed by atoms with Gasteiger partial charge in [-0.2, -0.15) is 8.42 Å². The fourth-order valence-corrected chi connectivity index (χ4v) is 3.03. The molecule has 0 spiro atoms. The Kier molecular flexibility index (Phi) is 11.9. The third-order valence-corrected chi connectivity index (χ3v) is 5.04. The molecule has 0 bridgehead atoms. The fourth-order valence-electron chi connectivity index (χ4n) is 1.93. The van der Waals surface area contributed by atoms with E-state index in [0.29, 0.717) is 0 Å². The van der Waals surface area contributed by atoms with Crippen LogP contribution in [0.15, 0.2) is 0 Å². The highest BCUT2D eigenvalue weighted by Crippen LogP contribution is 2.24. The molecular formula is C18H33NO10S. The predicted octanol–water partition coefficient (Wildman–Crippen LogP) is 0.945. The maximum absolute atomic E-state index is 12.3. The molecule has 2 N–H and O–H groups in total. The quantitative estimate of drug-likeness (QED) is 0.177. The first-order valence-electron chi connectivity index (χ1n) is 9.55. The molecule has 0 radical (unpaired) electrons. The minimum Gasteiger partial charge on any atom is -0.435 e. The van der Waals surface area contributed by atoms with Gasteiger partial charge in [-0.1, -0.05) is 27.7 Å². The minimum absolute atomic E-state index is 0.0733. The molecule has 0 aliphatic heterocycles. The van der Waals surface area contributed by atoms with E-state index >= 15 is 0 Å². The molecule has 11 nitrogen and oxygen atoms in total. The van der Waals surface area contributed by atoms with Gasteiger partial charge >= 0.3 is 12.1 Å². The van der Waals surface area contributed by atoms with Gasteiger partial charge in [0.05, 0.1) is 19.0 Å². The van der Waals surface area contributed by atoms with Gasteiger partial charge in [0.1, 0.15) is 0 Å². The molecule has 0 saturated heterocycles. The van der Waals surface area contributed by atoms with Crippen molar-refractivity contribution in [3.05, 3.63) is 0 Å². The average Bonchev–Trinajstić information content (AvgIpc) is 2.62. The summed E-state index contributed by atoms with van der Waals surface area (Å²) in [4.78, 5) is 34.5. The van der Waals surface area contributed by atoms with E-state index in [2.05, 4.69) is 10.1 Å². The number of carbonyl (C=O) groups is 3. The van der Waals surface area contributed by atoms with Crippen molar-refractivity contribution in [1.82, 2.24) is 5.32 Å². The molecule has 0 aliphatic carbocycles. The van der Waals surface area contributed by atoms with E-state index in [1.165, 1.54) is 20.8 Å². The van der Waals surface area contributed by atoms with E-state index < -0.39 is 52.6 Å². The monoisotopic (exact) mass is 455 g/mol. The smallest absolute Gasteiger partial charge is 0.435 e. The van der Waals surface area contributed by atoms with Crippen LogP contribution in [0.2, 0.25) is 0 Å². The van der Waals surface area contributed by atoms with Crippen molar-refractivity contribution in [2.75, 3.05) is 25.5 Å². The van der Waals surface area contributed by atoms with Crippen molar-refractivity contribution < 1.29 is 46.3 Å². The second kappa shape index (κ2) is 12.7. The maximum atomic E-state index is 12.3. The highest BCUT2D eigenvalue weighted by atomic mass is 32.2. The summed E-state index contributed by atoms with van der Waals surface area (Å²) in [5.74, 6) is -2.14. The number of aliphatic hydroxyl groups excluding tert-OH is 1. The van der Waals surface area contributed by atoms with Crippen molar-refractivity contribution in [1.29, 1.82) is 0 Å². The second-order valence-electron chi connectivity index (χ2n) is 7.60. The lowest BCUT2D eigenvalue weighted by atomic mass is 9.87. The van der Waals surface area contributed by atoms with E-state index in [0.717, 1.165) is 0 Å². The van der Waals surface area contributed by atoms with Crippen molar-refractivity contribution in [2.24, 2.45) is 11.3 Å². The Balaban J connectivity index is 4.80. The Morgan fingerprint density at radius 1 is 1.13 bits per heavy atom. The average molecular weight is 456 g/mol. The molecular weight excluding hydrogens is 422 g/mol. The Labute approximate surface area is 177 Å². The van der Waals surface area contributed by atoms with Crippen molar-refractivity contribution >= 4 is 28.1 Å².